The zero-order valence-corrected chi connectivity index (χ0v) is 32.9. The number of carbonyl (C=O) groups is 4. The molecule has 0 spiro atoms. The third-order valence-corrected chi connectivity index (χ3v) is 13.8. The number of nitrogens with two attached hydrogens (primary N) is 1. The Morgan fingerprint density at radius 2 is 1.68 bits per heavy atom. The molecule has 4 atom stereocenters. The van der Waals surface area contributed by atoms with Crippen LogP contribution in [0.5, 0.6) is 0 Å². The van der Waals surface area contributed by atoms with Gasteiger partial charge in [-0.3, -0.25) is 9.59 Å². The molecule has 14 heteroatoms. The van der Waals surface area contributed by atoms with E-state index in [2.05, 4.69) is 5.32 Å². The van der Waals surface area contributed by atoms with Crippen LogP contribution in [-0.2, 0) is 24.3 Å². The van der Waals surface area contributed by atoms with E-state index >= 15 is 4.79 Å². The van der Waals surface area contributed by atoms with Crippen LogP contribution in [0, 0.1) is 23.7 Å². The van der Waals surface area contributed by atoms with E-state index in [0.29, 0.717) is 49.7 Å². The molecule has 1 aromatic heterocycles. The summed E-state index contributed by atoms with van der Waals surface area (Å²) in [7, 11) is -4.36. The third kappa shape index (κ3) is 8.34. The Kier molecular flexibility index (Phi) is 12.4. The molecule has 3 N–H and O–H groups in total. The summed E-state index contributed by atoms with van der Waals surface area (Å²) >= 11 is 0. The smallest absolute Gasteiger partial charge is 0.407 e. The largest absolute Gasteiger partial charge is 0.452 e. The number of sulfonamides is 1. The number of rotatable bonds is 11. The molecule has 2 aromatic rings. The second-order valence-corrected chi connectivity index (χ2v) is 18.4. The number of quaternary nitrogens is 1. The number of fused-ring (bicyclic) bond motifs is 1. The maximum Gasteiger partial charge on any atom is 0.407 e. The molecule has 2 saturated carbocycles. The van der Waals surface area contributed by atoms with Crippen LogP contribution in [0.3, 0.4) is 0 Å². The molecule has 0 radical (unpaired) electrons. The van der Waals surface area contributed by atoms with Gasteiger partial charge in [-0.2, -0.15) is 4.31 Å². The summed E-state index contributed by atoms with van der Waals surface area (Å²) in [5.74, 6) is -1.48. The number of nitrogens with one attached hydrogen (secondary N) is 1. The Morgan fingerprint density at radius 1 is 1.02 bits per heavy atom. The van der Waals surface area contributed by atoms with Gasteiger partial charge in [-0.25, -0.2) is 26.9 Å². The topological polar surface area (TPSA) is 166 Å². The van der Waals surface area contributed by atoms with Gasteiger partial charge in [0.05, 0.1) is 18.5 Å². The second-order valence-electron chi connectivity index (χ2n) is 16.6. The van der Waals surface area contributed by atoms with Crippen molar-refractivity contribution >= 4 is 49.7 Å². The highest BCUT2D eigenvalue weighted by atomic mass is 32.2. The summed E-state index contributed by atoms with van der Waals surface area (Å²) in [6.45, 7) is 9.98. The number of primary amides is 1. The Morgan fingerprint density at radius 3 is 2.25 bits per heavy atom. The highest BCUT2D eigenvalue weighted by molar-refractivity contribution is 8.04. The number of ether oxygens (including phenoxy) is 1. The number of likely N-dealkylation sites (tertiary alicyclic amines) is 1. The summed E-state index contributed by atoms with van der Waals surface area (Å²) in [5, 5.41) is 1.97. The van der Waals surface area contributed by atoms with Gasteiger partial charge in [0.15, 0.2) is 11.8 Å². The fourth-order valence-corrected chi connectivity index (χ4v) is 10.8. The quantitative estimate of drug-likeness (QED) is 0.242. The molecule has 3 amide bonds. The van der Waals surface area contributed by atoms with Gasteiger partial charge in [0.25, 0.3) is 15.9 Å². The zero-order chi connectivity index (χ0) is 38.9. The maximum absolute atomic E-state index is 15.1. The molecular formula is C39H58FN4O8S+. The highest BCUT2D eigenvalue weighted by Gasteiger charge is 2.60. The van der Waals surface area contributed by atoms with Crippen molar-refractivity contribution in [3.63, 3.8) is 0 Å². The standard InChI is InChI=1S/C39H57FN4O8S/c1-7-43(24(2)3)53(49,50)37(47)33-22-28-21-29(17-18-32(28)51-33)44(20-19-30(34(44)35(41)45)25-11-9-8-10-12-25)36(46)27-15-13-26(14-16-27)31(23-40)42-38(48)52-39(4,5)6/h17-18,21-22,24-27,30-31,34H,7-16,19-20,23H2,1-6H3,(H2-,41,42,45,48)/p+1/t26-,27-,30-,31+,34-,44?/m0/s1. The van der Waals surface area contributed by atoms with Crippen molar-refractivity contribution in [2.75, 3.05) is 19.8 Å². The first kappa shape index (κ1) is 40.8. The van der Waals surface area contributed by atoms with Gasteiger partial charge in [0.1, 0.15) is 23.5 Å². The number of benzene rings is 1. The summed E-state index contributed by atoms with van der Waals surface area (Å²) in [4.78, 5) is 54.6. The lowest BCUT2D eigenvalue weighted by atomic mass is 9.75. The number of amides is 3. The summed E-state index contributed by atoms with van der Waals surface area (Å²) in [6, 6.07) is 4.48. The average molecular weight is 762 g/mol. The lowest BCUT2D eigenvalue weighted by Gasteiger charge is -2.42. The molecule has 3 fully saturated rings. The van der Waals surface area contributed by atoms with Crippen LogP contribution in [-0.4, -0.2) is 79.2 Å². The van der Waals surface area contributed by atoms with Crippen molar-refractivity contribution in [1.29, 1.82) is 0 Å². The fraction of sp³-hybridized carbons (Fsp3) is 0.692. The van der Waals surface area contributed by atoms with E-state index in [4.69, 9.17) is 14.9 Å². The monoisotopic (exact) mass is 761 g/mol. The molecule has 1 saturated heterocycles. The first-order chi connectivity index (χ1) is 24.9. The minimum Gasteiger partial charge on any atom is -0.452 e. The van der Waals surface area contributed by atoms with E-state index in [1.54, 1.807) is 59.7 Å². The first-order valence-electron chi connectivity index (χ1n) is 19.3. The lowest BCUT2D eigenvalue weighted by molar-refractivity contribution is -0.142. The number of furan rings is 1. The number of hydrogen-bond donors (Lipinski definition) is 2. The zero-order valence-electron chi connectivity index (χ0n) is 32.1. The SMILES string of the molecule is CCN(C(C)C)S(=O)(=O)C(=O)c1cc2cc([N+]3(C(=O)[C@H]4CC[C@H]([C@@H](CF)NC(=O)OC(C)(C)C)CC4)CC[C@@H](C4CCCCC4)[C@H]3C(N)=O)ccc2o1. The molecule has 294 valence electrons. The molecule has 0 bridgehead atoms. The van der Waals surface area contributed by atoms with Gasteiger partial charge in [0, 0.05) is 42.4 Å². The van der Waals surface area contributed by atoms with Crippen molar-refractivity contribution in [3.8, 4) is 0 Å². The van der Waals surface area contributed by atoms with E-state index in [9.17, 15) is 27.2 Å². The molecule has 1 aliphatic heterocycles. The van der Waals surface area contributed by atoms with Gasteiger partial charge in [-0.05, 0) is 97.1 Å². The van der Waals surface area contributed by atoms with Crippen LogP contribution in [0.25, 0.3) is 11.0 Å². The van der Waals surface area contributed by atoms with Crippen molar-refractivity contribution < 1.29 is 41.1 Å². The predicted molar refractivity (Wildman–Crippen MR) is 201 cm³/mol. The molecule has 3 aliphatic rings. The Hall–Kier alpha value is -3.36. The minimum absolute atomic E-state index is 0.0968. The van der Waals surface area contributed by atoms with Gasteiger partial charge in [-0.1, -0.05) is 26.2 Å². The summed E-state index contributed by atoms with van der Waals surface area (Å²) in [6.07, 6.45) is 7.04. The van der Waals surface area contributed by atoms with Crippen molar-refractivity contribution in [2.45, 2.75) is 129 Å². The van der Waals surface area contributed by atoms with Crippen LogP contribution >= 0.6 is 0 Å². The molecule has 2 heterocycles. The van der Waals surface area contributed by atoms with Crippen LogP contribution < -0.4 is 15.5 Å². The predicted octanol–water partition coefficient (Wildman–Crippen LogP) is 6.59. The molecule has 5 rings (SSSR count). The van der Waals surface area contributed by atoms with Crippen LogP contribution in [0.15, 0.2) is 28.7 Å². The average Bonchev–Trinajstić information content (AvgIpc) is 3.72. The van der Waals surface area contributed by atoms with Gasteiger partial charge in [-0.15, -0.1) is 0 Å². The Balaban J connectivity index is 1.49. The number of carbonyl (C=O) groups excluding carboxylic acids is 4. The lowest BCUT2D eigenvalue weighted by Crippen LogP contribution is -2.65. The van der Waals surface area contributed by atoms with Gasteiger partial charge in [0.2, 0.25) is 0 Å². The fourth-order valence-electron chi connectivity index (χ4n) is 9.39. The normalized spacial score (nSPS) is 26.5. The third-order valence-electron chi connectivity index (χ3n) is 11.8. The number of alkyl carbamates (subject to hydrolysis) is 1. The first-order valence-corrected chi connectivity index (χ1v) is 20.8. The summed E-state index contributed by atoms with van der Waals surface area (Å²) in [5.41, 5.74) is 6.37. The van der Waals surface area contributed by atoms with Crippen LogP contribution in [0.2, 0.25) is 0 Å². The molecule has 1 aromatic carbocycles. The van der Waals surface area contributed by atoms with E-state index in [1.165, 1.54) is 6.07 Å². The van der Waals surface area contributed by atoms with E-state index in [1.807, 2.05) is 0 Å². The van der Waals surface area contributed by atoms with Gasteiger partial charge < -0.3 is 20.2 Å². The molecule has 53 heavy (non-hydrogen) atoms. The van der Waals surface area contributed by atoms with Crippen LogP contribution in [0.4, 0.5) is 14.9 Å². The van der Waals surface area contributed by atoms with Crippen molar-refractivity contribution in [1.82, 2.24) is 14.1 Å². The van der Waals surface area contributed by atoms with Crippen LogP contribution in [0.1, 0.15) is 116 Å². The van der Waals surface area contributed by atoms with E-state index in [0.717, 1.165) is 36.4 Å². The molecular weight excluding hydrogens is 704 g/mol. The molecule has 12 nitrogen and oxygen atoms in total. The Labute approximate surface area is 313 Å². The van der Waals surface area contributed by atoms with Crippen molar-refractivity contribution in [2.24, 2.45) is 29.4 Å². The second kappa shape index (κ2) is 16.2. The van der Waals surface area contributed by atoms with Gasteiger partial charge >= 0.3 is 17.1 Å². The van der Waals surface area contributed by atoms with E-state index < -0.39 is 63.5 Å². The molecule has 2 aliphatic carbocycles. The number of halogens is 1. The number of alkyl halides is 1. The number of hydrogen-bond acceptors (Lipinski definition) is 8. The minimum atomic E-state index is -4.36. The highest BCUT2D eigenvalue weighted by Crippen LogP contribution is 2.48. The Bertz CT molecular complexity index is 1770. The van der Waals surface area contributed by atoms with E-state index in [-0.39, 0.29) is 46.0 Å². The summed E-state index contributed by atoms with van der Waals surface area (Å²) < 4.78 is 52.7. The van der Waals surface area contributed by atoms with Crippen molar-refractivity contribution in [3.05, 3.63) is 30.0 Å². The number of nitrogens with zero attached hydrogens (tertiary/aromatic N) is 2. The molecule has 1 unspecified atom stereocenters. The maximum atomic E-state index is 15.1.